The van der Waals surface area contributed by atoms with Crippen LogP contribution in [0.15, 0.2) is 53.6 Å². The summed E-state index contributed by atoms with van der Waals surface area (Å²) in [4.78, 5) is 27.1. The minimum atomic E-state index is -4.66. The number of benzene rings is 2. The summed E-state index contributed by atoms with van der Waals surface area (Å²) in [5, 5.41) is 2.35. The molecule has 1 aliphatic rings. The van der Waals surface area contributed by atoms with Gasteiger partial charge in [-0.2, -0.15) is 13.2 Å². The quantitative estimate of drug-likeness (QED) is 0.457. The van der Waals surface area contributed by atoms with Crippen LogP contribution in [-0.2, 0) is 32.1 Å². The highest BCUT2D eigenvalue weighted by Gasteiger charge is 2.31. The maximum absolute atomic E-state index is 13.2. The minimum absolute atomic E-state index is 0.0535. The zero-order valence-corrected chi connectivity index (χ0v) is 21.3. The van der Waals surface area contributed by atoms with Crippen LogP contribution < -0.4 is 5.32 Å². The topological polar surface area (TPSA) is 88.5 Å². The molecule has 2 heterocycles. The number of nitrogens with zero attached hydrogens (tertiary/aromatic N) is 2. The highest BCUT2D eigenvalue weighted by atomic mass is 35.5. The summed E-state index contributed by atoms with van der Waals surface area (Å²) < 4.78 is 67.1. The summed E-state index contributed by atoms with van der Waals surface area (Å²) in [5.41, 5.74) is -0.861. The molecule has 0 unspecified atom stereocenters. The lowest BCUT2D eigenvalue weighted by atomic mass is 10.2. The lowest BCUT2D eigenvalue weighted by Gasteiger charge is -2.20. The lowest BCUT2D eigenvalue weighted by molar-refractivity contribution is -0.137. The zero-order valence-electron chi connectivity index (χ0n) is 19.7. The fraction of sp³-hybridized carbons (Fsp3) is 0.360. The first kappa shape index (κ1) is 27.0. The number of para-hydroxylation sites is 1. The Labute approximate surface area is 217 Å². The molecule has 2 amide bonds. The molecule has 198 valence electrons. The van der Waals surface area contributed by atoms with Crippen molar-refractivity contribution in [1.82, 2.24) is 9.47 Å². The number of aromatic nitrogens is 1. The second-order valence-corrected chi connectivity index (χ2v) is 11.3. The third-order valence-electron chi connectivity index (χ3n) is 6.24. The van der Waals surface area contributed by atoms with Crippen LogP contribution in [0.1, 0.15) is 31.2 Å². The fourth-order valence-electron chi connectivity index (χ4n) is 4.39. The Morgan fingerprint density at radius 3 is 2.35 bits per heavy atom. The molecule has 1 N–H and O–H groups in total. The Morgan fingerprint density at radius 1 is 1.00 bits per heavy atom. The smallest absolute Gasteiger partial charge is 0.341 e. The van der Waals surface area contributed by atoms with E-state index in [-0.39, 0.29) is 28.1 Å². The van der Waals surface area contributed by atoms with Crippen molar-refractivity contribution < 1.29 is 31.2 Å². The molecule has 37 heavy (non-hydrogen) atoms. The van der Waals surface area contributed by atoms with Gasteiger partial charge in [0.1, 0.15) is 12.3 Å². The van der Waals surface area contributed by atoms with E-state index in [1.165, 1.54) is 6.20 Å². The van der Waals surface area contributed by atoms with Crippen molar-refractivity contribution in [3.8, 4) is 0 Å². The number of nitrogens with one attached hydrogen (secondary N) is 1. The van der Waals surface area contributed by atoms with E-state index in [2.05, 4.69) is 5.32 Å². The van der Waals surface area contributed by atoms with E-state index < -0.39 is 33.2 Å². The predicted molar refractivity (Wildman–Crippen MR) is 134 cm³/mol. The molecule has 0 bridgehead atoms. The largest absolute Gasteiger partial charge is 0.416 e. The molecule has 1 saturated heterocycles. The molecule has 0 aliphatic carbocycles. The van der Waals surface area contributed by atoms with Gasteiger partial charge >= 0.3 is 6.18 Å². The standard InChI is InChI=1S/C25H25ClF3N3O4S/c26-19-10-9-17(25(27,28)29)13-20(19)30-23(33)16-37(35,36)22-14-32(21-8-4-3-7-18(21)22)15-24(34)31-11-5-1-2-6-12-31/h3-4,7-10,13-14H,1-2,5-6,11-12,15-16H2,(H,30,33). The molecular formula is C25H25ClF3N3O4S. The number of hydrogen-bond donors (Lipinski definition) is 1. The van der Waals surface area contributed by atoms with Gasteiger partial charge in [0, 0.05) is 30.2 Å². The maximum Gasteiger partial charge on any atom is 0.416 e. The number of sulfone groups is 1. The number of fused-ring (bicyclic) bond motifs is 1. The van der Waals surface area contributed by atoms with Crippen LogP contribution in [0.5, 0.6) is 0 Å². The highest BCUT2D eigenvalue weighted by Crippen LogP contribution is 2.34. The maximum atomic E-state index is 13.2. The van der Waals surface area contributed by atoms with Crippen molar-refractivity contribution in [2.75, 3.05) is 24.2 Å². The number of carbonyl (C=O) groups excluding carboxylic acids is 2. The third kappa shape index (κ3) is 6.27. The Bertz CT molecular complexity index is 1430. The van der Waals surface area contributed by atoms with Gasteiger partial charge < -0.3 is 14.8 Å². The first-order chi connectivity index (χ1) is 17.5. The number of anilines is 1. The van der Waals surface area contributed by atoms with Gasteiger partial charge in [0.25, 0.3) is 0 Å². The molecule has 0 radical (unpaired) electrons. The summed E-state index contributed by atoms with van der Waals surface area (Å²) in [7, 11) is -4.23. The highest BCUT2D eigenvalue weighted by molar-refractivity contribution is 7.92. The van der Waals surface area contributed by atoms with Crippen LogP contribution >= 0.6 is 11.6 Å². The van der Waals surface area contributed by atoms with Crippen LogP contribution in [0.25, 0.3) is 10.9 Å². The van der Waals surface area contributed by atoms with Crippen molar-refractivity contribution in [2.24, 2.45) is 0 Å². The van der Waals surface area contributed by atoms with Crippen molar-refractivity contribution in [3.05, 3.63) is 59.2 Å². The summed E-state index contributed by atoms with van der Waals surface area (Å²) in [6, 6.07) is 9.01. The molecule has 1 aromatic heterocycles. The average molecular weight is 556 g/mol. The van der Waals surface area contributed by atoms with Gasteiger partial charge in [0.2, 0.25) is 11.8 Å². The molecule has 1 aliphatic heterocycles. The summed E-state index contributed by atoms with van der Waals surface area (Å²) >= 11 is 5.91. The number of alkyl halides is 3. The number of rotatable bonds is 6. The average Bonchev–Trinajstić information content (AvgIpc) is 2.99. The molecule has 12 heteroatoms. The van der Waals surface area contributed by atoms with E-state index in [4.69, 9.17) is 11.6 Å². The molecule has 3 aromatic rings. The van der Waals surface area contributed by atoms with E-state index in [1.807, 2.05) is 0 Å². The van der Waals surface area contributed by atoms with Gasteiger partial charge in [-0.1, -0.05) is 42.6 Å². The number of hydrogen-bond acceptors (Lipinski definition) is 4. The second-order valence-electron chi connectivity index (χ2n) is 8.93. The Kier molecular flexibility index (Phi) is 7.84. The molecule has 2 aromatic carbocycles. The summed E-state index contributed by atoms with van der Waals surface area (Å²) in [6.45, 7) is 1.25. The Hall–Kier alpha value is -3.05. The molecular weight excluding hydrogens is 531 g/mol. The van der Waals surface area contributed by atoms with E-state index in [0.717, 1.165) is 37.8 Å². The number of likely N-dealkylation sites (tertiary alicyclic amines) is 1. The van der Waals surface area contributed by atoms with E-state index in [1.54, 1.807) is 33.7 Å². The van der Waals surface area contributed by atoms with E-state index in [0.29, 0.717) is 30.1 Å². The molecule has 4 rings (SSSR count). The molecule has 7 nitrogen and oxygen atoms in total. The lowest BCUT2D eigenvalue weighted by Crippen LogP contribution is -2.34. The molecule has 1 fully saturated rings. The van der Waals surface area contributed by atoms with E-state index in [9.17, 15) is 31.2 Å². The van der Waals surface area contributed by atoms with Crippen LogP contribution in [0.3, 0.4) is 0 Å². The van der Waals surface area contributed by atoms with Gasteiger partial charge in [-0.25, -0.2) is 8.42 Å². The van der Waals surface area contributed by atoms with Crippen molar-refractivity contribution >= 4 is 49.8 Å². The van der Waals surface area contributed by atoms with Crippen LogP contribution in [0, 0.1) is 0 Å². The Morgan fingerprint density at radius 2 is 1.68 bits per heavy atom. The van der Waals surface area contributed by atoms with Gasteiger partial charge in [-0.15, -0.1) is 0 Å². The van der Waals surface area contributed by atoms with Crippen LogP contribution in [0.4, 0.5) is 18.9 Å². The molecule has 0 saturated carbocycles. The first-order valence-corrected chi connectivity index (χ1v) is 13.7. The van der Waals surface area contributed by atoms with E-state index >= 15 is 0 Å². The van der Waals surface area contributed by atoms with Gasteiger partial charge in [-0.05, 0) is 37.1 Å². The minimum Gasteiger partial charge on any atom is -0.341 e. The molecule has 0 atom stereocenters. The second kappa shape index (κ2) is 10.7. The Balaban J connectivity index is 1.57. The molecule has 0 spiro atoms. The van der Waals surface area contributed by atoms with Crippen molar-refractivity contribution in [2.45, 2.75) is 43.3 Å². The zero-order chi connectivity index (χ0) is 26.8. The number of halogens is 4. The van der Waals surface area contributed by atoms with Gasteiger partial charge in [0.15, 0.2) is 9.84 Å². The normalized spacial score (nSPS) is 15.0. The van der Waals surface area contributed by atoms with Crippen LogP contribution in [0.2, 0.25) is 5.02 Å². The van der Waals surface area contributed by atoms with Gasteiger partial charge in [0.05, 0.1) is 21.2 Å². The van der Waals surface area contributed by atoms with Crippen molar-refractivity contribution in [3.63, 3.8) is 0 Å². The predicted octanol–water partition coefficient (Wildman–Crippen LogP) is 5.13. The third-order valence-corrected chi connectivity index (χ3v) is 8.21. The first-order valence-electron chi connectivity index (χ1n) is 11.7. The number of carbonyl (C=O) groups is 2. The summed E-state index contributed by atoms with van der Waals surface area (Å²) in [6.07, 6.45) is 0.632. The van der Waals surface area contributed by atoms with Gasteiger partial charge in [-0.3, -0.25) is 9.59 Å². The van der Waals surface area contributed by atoms with Crippen molar-refractivity contribution in [1.29, 1.82) is 0 Å². The number of amides is 2. The monoisotopic (exact) mass is 555 g/mol. The SMILES string of the molecule is O=C(CS(=O)(=O)c1cn(CC(=O)N2CCCCCC2)c2ccccc12)Nc1cc(C(F)(F)F)ccc1Cl. The van der Waals surface area contributed by atoms with Crippen LogP contribution in [-0.4, -0.2) is 48.5 Å². The fourth-order valence-corrected chi connectivity index (χ4v) is 5.92. The summed E-state index contributed by atoms with van der Waals surface area (Å²) in [5.74, 6) is -2.18.